The first-order valence-corrected chi connectivity index (χ1v) is 8.89. The number of aromatic nitrogens is 2. The van der Waals surface area contributed by atoms with Gasteiger partial charge in [0.1, 0.15) is 0 Å². The number of hydrogen-bond donors (Lipinski definition) is 2. The van der Waals surface area contributed by atoms with E-state index in [1.807, 2.05) is 35.0 Å². The number of benzene rings is 1. The van der Waals surface area contributed by atoms with Gasteiger partial charge in [-0.05, 0) is 44.2 Å². The number of nitrogens with one attached hydrogen (secondary N) is 1. The fourth-order valence-corrected chi connectivity index (χ4v) is 3.92. The summed E-state index contributed by atoms with van der Waals surface area (Å²) in [7, 11) is 0. The number of aliphatic hydroxyl groups excluding tert-OH is 1. The molecule has 1 amide bonds. The van der Waals surface area contributed by atoms with Crippen LogP contribution < -0.4 is 5.32 Å². The fraction of sp³-hybridized carbons (Fsp3) is 0.474. The molecule has 2 aromatic rings. The molecule has 1 saturated carbocycles. The van der Waals surface area contributed by atoms with Gasteiger partial charge in [-0.15, -0.1) is 0 Å². The second kappa shape index (κ2) is 6.40. The van der Waals surface area contributed by atoms with Crippen molar-refractivity contribution in [3.05, 3.63) is 47.3 Å². The first kappa shape index (κ1) is 15.4. The lowest BCUT2D eigenvalue weighted by Crippen LogP contribution is -2.45. The summed E-state index contributed by atoms with van der Waals surface area (Å²) in [6.07, 6.45) is 6.17. The average molecular weight is 325 g/mol. The summed E-state index contributed by atoms with van der Waals surface area (Å²) in [5.41, 5.74) is 3.74. The highest BCUT2D eigenvalue weighted by Crippen LogP contribution is 2.28. The van der Waals surface area contributed by atoms with Gasteiger partial charge in [-0.3, -0.25) is 4.79 Å². The van der Waals surface area contributed by atoms with Gasteiger partial charge in [0, 0.05) is 11.3 Å². The third-order valence-electron chi connectivity index (χ3n) is 5.19. The molecular formula is C19H23N3O2. The van der Waals surface area contributed by atoms with E-state index in [9.17, 15) is 9.90 Å². The highest BCUT2D eigenvalue weighted by molar-refractivity contribution is 5.94. The Morgan fingerprint density at radius 1 is 1.12 bits per heavy atom. The SMILES string of the molecule is O=C(N[C@@H]1CCCC[C@H]1O)c1nn(-c2ccccc2)c2c1CCC2. The van der Waals surface area contributed by atoms with E-state index in [1.165, 1.54) is 0 Å². The van der Waals surface area contributed by atoms with Crippen molar-refractivity contribution in [2.75, 3.05) is 0 Å². The molecule has 0 bridgehead atoms. The molecule has 0 unspecified atom stereocenters. The molecule has 1 aromatic heterocycles. The Morgan fingerprint density at radius 3 is 2.71 bits per heavy atom. The number of carbonyl (C=O) groups is 1. The Labute approximate surface area is 141 Å². The van der Waals surface area contributed by atoms with Crippen LogP contribution in [0.15, 0.2) is 30.3 Å². The molecule has 1 fully saturated rings. The van der Waals surface area contributed by atoms with Crippen molar-refractivity contribution in [1.29, 1.82) is 0 Å². The smallest absolute Gasteiger partial charge is 0.272 e. The molecule has 2 aliphatic rings. The molecule has 2 aliphatic carbocycles. The second-order valence-electron chi connectivity index (χ2n) is 6.81. The lowest BCUT2D eigenvalue weighted by atomic mass is 9.92. The number of aliphatic hydroxyl groups is 1. The number of para-hydroxylation sites is 1. The summed E-state index contributed by atoms with van der Waals surface area (Å²) in [6.45, 7) is 0. The predicted molar refractivity (Wildman–Crippen MR) is 91.3 cm³/mol. The lowest BCUT2D eigenvalue weighted by molar-refractivity contribution is 0.0713. The normalized spacial score (nSPS) is 23.0. The van der Waals surface area contributed by atoms with E-state index in [2.05, 4.69) is 10.4 Å². The highest BCUT2D eigenvalue weighted by Gasteiger charge is 2.30. The Hall–Kier alpha value is -2.14. The average Bonchev–Trinajstić information content (AvgIpc) is 3.20. The van der Waals surface area contributed by atoms with Crippen LogP contribution in [0.3, 0.4) is 0 Å². The van der Waals surface area contributed by atoms with Crippen molar-refractivity contribution in [3.8, 4) is 5.69 Å². The molecular weight excluding hydrogens is 302 g/mol. The van der Waals surface area contributed by atoms with Crippen LogP contribution in [0.4, 0.5) is 0 Å². The van der Waals surface area contributed by atoms with Crippen molar-refractivity contribution in [2.24, 2.45) is 0 Å². The Bertz CT molecular complexity index is 739. The number of nitrogens with zero attached hydrogens (tertiary/aromatic N) is 2. The summed E-state index contributed by atoms with van der Waals surface area (Å²) in [6, 6.07) is 9.82. The van der Waals surface area contributed by atoms with Gasteiger partial charge >= 0.3 is 0 Å². The van der Waals surface area contributed by atoms with Gasteiger partial charge in [-0.25, -0.2) is 4.68 Å². The van der Waals surface area contributed by atoms with E-state index >= 15 is 0 Å². The molecule has 0 aliphatic heterocycles. The molecule has 4 rings (SSSR count). The standard InChI is InChI=1S/C19H23N3O2/c23-17-12-5-4-10-15(17)20-19(24)18-14-9-6-11-16(14)22(21-18)13-7-2-1-3-8-13/h1-3,7-8,15,17,23H,4-6,9-12H2,(H,20,24)/t15-,17-/m1/s1. The minimum atomic E-state index is -0.438. The predicted octanol–water partition coefficient (Wildman–Crippen LogP) is 2.39. The third-order valence-corrected chi connectivity index (χ3v) is 5.19. The van der Waals surface area contributed by atoms with Crippen molar-refractivity contribution in [3.63, 3.8) is 0 Å². The largest absolute Gasteiger partial charge is 0.391 e. The van der Waals surface area contributed by atoms with E-state index in [1.54, 1.807) is 0 Å². The molecule has 2 atom stereocenters. The molecule has 5 heteroatoms. The van der Waals surface area contributed by atoms with Crippen LogP contribution in [-0.4, -0.2) is 32.9 Å². The Balaban J connectivity index is 1.63. The number of amides is 1. The zero-order chi connectivity index (χ0) is 16.5. The first-order valence-electron chi connectivity index (χ1n) is 8.89. The lowest BCUT2D eigenvalue weighted by Gasteiger charge is -2.28. The number of hydrogen-bond acceptors (Lipinski definition) is 3. The minimum Gasteiger partial charge on any atom is -0.391 e. The highest BCUT2D eigenvalue weighted by atomic mass is 16.3. The summed E-state index contributed by atoms with van der Waals surface area (Å²) >= 11 is 0. The molecule has 0 saturated heterocycles. The van der Waals surface area contributed by atoms with Gasteiger partial charge in [-0.2, -0.15) is 5.10 Å². The maximum Gasteiger partial charge on any atom is 0.272 e. The maximum absolute atomic E-state index is 12.8. The van der Waals surface area contributed by atoms with Crippen molar-refractivity contribution in [2.45, 2.75) is 57.1 Å². The number of fused-ring (bicyclic) bond motifs is 1. The van der Waals surface area contributed by atoms with Crippen LogP contribution in [0.5, 0.6) is 0 Å². The molecule has 1 heterocycles. The topological polar surface area (TPSA) is 67.2 Å². The summed E-state index contributed by atoms with van der Waals surface area (Å²) in [5.74, 6) is -0.145. The van der Waals surface area contributed by atoms with Gasteiger partial charge in [0.15, 0.2) is 5.69 Å². The van der Waals surface area contributed by atoms with E-state index in [0.717, 1.165) is 61.9 Å². The van der Waals surface area contributed by atoms with E-state index < -0.39 is 6.10 Å². The molecule has 24 heavy (non-hydrogen) atoms. The summed E-state index contributed by atoms with van der Waals surface area (Å²) in [5, 5.41) is 17.7. The zero-order valence-corrected chi connectivity index (χ0v) is 13.7. The zero-order valence-electron chi connectivity index (χ0n) is 13.7. The van der Waals surface area contributed by atoms with E-state index in [-0.39, 0.29) is 11.9 Å². The first-order chi connectivity index (χ1) is 11.7. The Kier molecular flexibility index (Phi) is 4.10. The Morgan fingerprint density at radius 2 is 1.92 bits per heavy atom. The van der Waals surface area contributed by atoms with Crippen LogP contribution in [0.1, 0.15) is 53.8 Å². The van der Waals surface area contributed by atoms with Gasteiger partial charge in [0.25, 0.3) is 5.91 Å². The van der Waals surface area contributed by atoms with Crippen molar-refractivity contribution in [1.82, 2.24) is 15.1 Å². The van der Waals surface area contributed by atoms with Crippen molar-refractivity contribution >= 4 is 5.91 Å². The monoisotopic (exact) mass is 325 g/mol. The number of rotatable bonds is 3. The van der Waals surface area contributed by atoms with Crippen LogP contribution in [0, 0.1) is 0 Å². The molecule has 0 radical (unpaired) electrons. The number of carbonyl (C=O) groups excluding carboxylic acids is 1. The van der Waals surface area contributed by atoms with E-state index in [4.69, 9.17) is 0 Å². The van der Waals surface area contributed by atoms with Gasteiger partial charge in [-0.1, -0.05) is 31.0 Å². The fourth-order valence-electron chi connectivity index (χ4n) is 3.92. The van der Waals surface area contributed by atoms with E-state index in [0.29, 0.717) is 5.69 Å². The summed E-state index contributed by atoms with van der Waals surface area (Å²) < 4.78 is 1.91. The van der Waals surface area contributed by atoms with Crippen LogP contribution in [-0.2, 0) is 12.8 Å². The van der Waals surface area contributed by atoms with Crippen molar-refractivity contribution < 1.29 is 9.90 Å². The third kappa shape index (κ3) is 2.73. The van der Waals surface area contributed by atoms with Crippen LogP contribution in [0.2, 0.25) is 0 Å². The van der Waals surface area contributed by atoms with Gasteiger partial charge in [0.05, 0.1) is 17.8 Å². The maximum atomic E-state index is 12.8. The quantitative estimate of drug-likeness (QED) is 0.910. The van der Waals surface area contributed by atoms with Crippen LogP contribution in [0.25, 0.3) is 5.69 Å². The van der Waals surface area contributed by atoms with Gasteiger partial charge in [0.2, 0.25) is 0 Å². The molecule has 2 N–H and O–H groups in total. The molecule has 126 valence electrons. The van der Waals surface area contributed by atoms with Gasteiger partial charge < -0.3 is 10.4 Å². The minimum absolute atomic E-state index is 0.145. The second-order valence-corrected chi connectivity index (χ2v) is 6.81. The van der Waals surface area contributed by atoms with Crippen LogP contribution >= 0.6 is 0 Å². The summed E-state index contributed by atoms with van der Waals surface area (Å²) in [4.78, 5) is 12.8. The molecule has 0 spiro atoms. The molecule has 1 aromatic carbocycles. The molecule has 5 nitrogen and oxygen atoms in total.